The smallest absolute Gasteiger partial charge is 0.400 e. The zero-order valence-electron chi connectivity index (χ0n) is 2.46. The molecule has 0 fully saturated rings. The molecule has 0 amide bonds. The lowest BCUT2D eigenvalue weighted by Crippen LogP contribution is -2.27. The van der Waals surface area contributed by atoms with Crippen LogP contribution >= 0.6 is 0 Å². The predicted molar refractivity (Wildman–Crippen MR) is 17.3 cm³/mol. The van der Waals surface area contributed by atoms with Gasteiger partial charge >= 0.3 is 9.45 Å². The lowest BCUT2D eigenvalue weighted by Gasteiger charge is -1.87. The first-order valence-electron chi connectivity index (χ1n) is 1.01. The highest BCUT2D eigenvalue weighted by molar-refractivity contribution is 6.37. The SMILES string of the molecule is N[SiH](O)OO. The van der Waals surface area contributed by atoms with Crippen molar-refractivity contribution in [3.63, 3.8) is 0 Å². The quantitative estimate of drug-likeness (QED) is 0.203. The van der Waals surface area contributed by atoms with Crippen molar-refractivity contribution in [2.24, 2.45) is 5.40 Å². The van der Waals surface area contributed by atoms with Crippen molar-refractivity contribution in [2.45, 2.75) is 0 Å². The van der Waals surface area contributed by atoms with Gasteiger partial charge in [0.05, 0.1) is 0 Å². The van der Waals surface area contributed by atoms with Gasteiger partial charge in [-0.15, -0.1) is 0 Å². The number of nitrogens with two attached hydrogens (primary N) is 1. The molecular weight excluding hydrogens is 90.1 g/mol. The predicted octanol–water partition coefficient (Wildman–Crippen LogP) is -1.86. The molecule has 0 radical (unpaired) electrons. The second kappa shape index (κ2) is 2.30. The van der Waals surface area contributed by atoms with E-state index in [1.54, 1.807) is 0 Å². The average Bonchev–Trinajstić information content (AvgIpc) is 1.38. The Bertz CT molecular complexity index is 20.9. The lowest BCUT2D eigenvalue weighted by molar-refractivity contribution is -0.157. The van der Waals surface area contributed by atoms with E-state index in [-0.39, 0.29) is 0 Å². The minimum atomic E-state index is -2.59. The Hall–Kier alpha value is 0.0569. The molecule has 0 aliphatic heterocycles. The van der Waals surface area contributed by atoms with Crippen molar-refractivity contribution in [3.8, 4) is 0 Å². The fraction of sp³-hybridized carbons (Fsp3) is 0. The molecule has 0 heterocycles. The van der Waals surface area contributed by atoms with E-state index in [4.69, 9.17) is 10.1 Å². The second-order valence-electron chi connectivity index (χ2n) is 0.496. The summed E-state index contributed by atoms with van der Waals surface area (Å²) in [5.41, 5.74) is 0. The molecule has 0 spiro atoms. The number of rotatable bonds is 1. The van der Waals surface area contributed by atoms with Gasteiger partial charge in [0.15, 0.2) is 0 Å². The van der Waals surface area contributed by atoms with Crippen LogP contribution in [0.5, 0.6) is 0 Å². The van der Waals surface area contributed by atoms with Gasteiger partial charge in [0.1, 0.15) is 0 Å². The molecule has 0 rings (SSSR count). The summed E-state index contributed by atoms with van der Waals surface area (Å²) in [6.45, 7) is 0. The van der Waals surface area contributed by atoms with Crippen LogP contribution in [0.3, 0.4) is 0 Å². The third-order valence-electron chi connectivity index (χ3n) is 0.108. The maximum absolute atomic E-state index is 7.81. The third-order valence-corrected chi connectivity index (χ3v) is 0.324. The van der Waals surface area contributed by atoms with Crippen LogP contribution in [-0.2, 0) is 4.58 Å². The first-order chi connectivity index (χ1) is 2.27. The summed E-state index contributed by atoms with van der Waals surface area (Å²) >= 11 is 0. The summed E-state index contributed by atoms with van der Waals surface area (Å²) in [4.78, 5) is 7.81. The molecule has 0 aliphatic carbocycles. The zero-order chi connectivity index (χ0) is 4.28. The molecule has 4 N–H and O–H groups in total. The molecule has 0 aliphatic rings. The van der Waals surface area contributed by atoms with Crippen LogP contribution < -0.4 is 5.40 Å². The van der Waals surface area contributed by atoms with Crippen LogP contribution in [0.2, 0.25) is 0 Å². The van der Waals surface area contributed by atoms with Gasteiger partial charge in [0, 0.05) is 0 Å². The van der Waals surface area contributed by atoms with Crippen LogP contribution in [0.4, 0.5) is 0 Å². The Morgan fingerprint density at radius 3 is 2.00 bits per heavy atom. The van der Waals surface area contributed by atoms with Gasteiger partial charge in [0.25, 0.3) is 0 Å². The maximum atomic E-state index is 7.81. The number of hydrogen-bond acceptors (Lipinski definition) is 4. The van der Waals surface area contributed by atoms with Gasteiger partial charge in [-0.05, 0) is 0 Å². The van der Waals surface area contributed by atoms with Gasteiger partial charge in [-0.3, -0.25) is 5.26 Å². The average molecular weight is 95.1 g/mol. The van der Waals surface area contributed by atoms with Crippen molar-refractivity contribution in [1.29, 1.82) is 0 Å². The summed E-state index contributed by atoms with van der Waals surface area (Å²) in [7, 11) is -2.59. The third kappa shape index (κ3) is 4.06. The molecule has 0 bridgehead atoms. The van der Waals surface area contributed by atoms with E-state index in [9.17, 15) is 0 Å². The summed E-state index contributed by atoms with van der Waals surface area (Å²) in [5.74, 6) is 0. The van der Waals surface area contributed by atoms with Gasteiger partial charge in [-0.25, -0.2) is 4.58 Å². The normalized spacial score (nSPS) is 15.0. The fourth-order valence-electron chi connectivity index (χ4n) is 0. The molecule has 5 heavy (non-hydrogen) atoms. The Morgan fingerprint density at radius 2 is 2.00 bits per heavy atom. The molecule has 0 saturated carbocycles. The van der Waals surface area contributed by atoms with E-state index in [2.05, 4.69) is 9.98 Å². The van der Waals surface area contributed by atoms with E-state index in [0.717, 1.165) is 0 Å². The Labute approximate surface area is 30.6 Å². The van der Waals surface area contributed by atoms with Gasteiger partial charge in [0.2, 0.25) is 0 Å². The Balaban J connectivity index is 2.54. The van der Waals surface area contributed by atoms with E-state index in [1.807, 2.05) is 0 Å². The highest BCUT2D eigenvalue weighted by Crippen LogP contribution is 1.53. The summed E-state index contributed by atoms with van der Waals surface area (Å²) in [6.07, 6.45) is 0. The van der Waals surface area contributed by atoms with E-state index in [0.29, 0.717) is 0 Å². The van der Waals surface area contributed by atoms with Crippen LogP contribution in [0, 0.1) is 0 Å². The van der Waals surface area contributed by atoms with E-state index >= 15 is 0 Å². The molecule has 4 nitrogen and oxygen atoms in total. The minimum absolute atomic E-state index is 2.59. The van der Waals surface area contributed by atoms with Crippen molar-refractivity contribution < 1.29 is 14.6 Å². The lowest BCUT2D eigenvalue weighted by atomic mass is 13.9. The maximum Gasteiger partial charge on any atom is 0.435 e. The van der Waals surface area contributed by atoms with Gasteiger partial charge < -0.3 is 10.2 Å². The summed E-state index contributed by atoms with van der Waals surface area (Å²) in [5, 5.41) is 11.8. The van der Waals surface area contributed by atoms with Crippen molar-refractivity contribution in [3.05, 3.63) is 0 Å². The first-order valence-corrected chi connectivity index (χ1v) is 2.66. The standard InChI is InChI=1S/H5NO3Si/c1-5(3)4-2/h2-3,5H,1H2. The molecule has 0 aromatic rings. The van der Waals surface area contributed by atoms with E-state index in [1.165, 1.54) is 0 Å². The molecular formula is H5NO3Si. The van der Waals surface area contributed by atoms with Gasteiger partial charge in [-0.2, -0.15) is 0 Å². The largest absolute Gasteiger partial charge is 0.435 e. The van der Waals surface area contributed by atoms with Crippen LogP contribution in [0.15, 0.2) is 0 Å². The Kier molecular flexibility index (Phi) is 2.33. The van der Waals surface area contributed by atoms with Crippen LogP contribution in [0.25, 0.3) is 0 Å². The summed E-state index contributed by atoms with van der Waals surface area (Å²) < 4.78 is 3.22. The molecule has 1 unspecified atom stereocenters. The summed E-state index contributed by atoms with van der Waals surface area (Å²) in [6, 6.07) is 0. The molecule has 1 atom stereocenters. The van der Waals surface area contributed by atoms with Crippen molar-refractivity contribution in [2.75, 3.05) is 0 Å². The van der Waals surface area contributed by atoms with Crippen molar-refractivity contribution in [1.82, 2.24) is 0 Å². The topological polar surface area (TPSA) is 75.7 Å². The molecule has 0 aromatic heterocycles. The van der Waals surface area contributed by atoms with Gasteiger partial charge in [-0.1, -0.05) is 0 Å². The van der Waals surface area contributed by atoms with E-state index < -0.39 is 9.45 Å². The van der Waals surface area contributed by atoms with Crippen LogP contribution in [0.1, 0.15) is 0 Å². The van der Waals surface area contributed by atoms with Crippen LogP contribution in [-0.4, -0.2) is 19.5 Å². The number of hydrogen-bond donors (Lipinski definition) is 3. The zero-order valence-corrected chi connectivity index (χ0v) is 3.61. The highest BCUT2D eigenvalue weighted by Gasteiger charge is 1.91. The first kappa shape index (κ1) is 5.06. The molecule has 5 heteroatoms. The fourth-order valence-corrected chi connectivity index (χ4v) is 0. The molecule has 0 saturated heterocycles. The minimum Gasteiger partial charge on any atom is -0.400 e. The van der Waals surface area contributed by atoms with Crippen molar-refractivity contribution >= 4 is 9.45 Å². The highest BCUT2D eigenvalue weighted by atomic mass is 28.3. The Morgan fingerprint density at radius 1 is 1.80 bits per heavy atom. The monoisotopic (exact) mass is 95.0 g/mol. The second-order valence-corrected chi connectivity index (χ2v) is 1.49. The molecule has 0 aromatic carbocycles. The molecule has 32 valence electrons.